The number of hydrogen-bond acceptors (Lipinski definition) is 9. The highest BCUT2D eigenvalue weighted by Crippen LogP contribution is 2.24. The van der Waals surface area contributed by atoms with Crippen LogP contribution in [0.1, 0.15) is 33.1 Å². The van der Waals surface area contributed by atoms with Crippen molar-refractivity contribution in [3.8, 4) is 0 Å². The lowest BCUT2D eigenvalue weighted by atomic mass is 9.78. The van der Waals surface area contributed by atoms with Crippen LogP contribution in [-0.4, -0.2) is 82.5 Å². The number of likely N-dealkylation sites (N-methyl/N-ethyl adjacent to an activating group) is 1. The summed E-state index contributed by atoms with van der Waals surface area (Å²) in [5.41, 5.74) is -0.00759. The van der Waals surface area contributed by atoms with Crippen molar-refractivity contribution in [1.29, 1.82) is 0 Å². The lowest BCUT2D eigenvalue weighted by Gasteiger charge is -2.34. The molecule has 0 amide bonds. The molecule has 13 heteroatoms. The number of allylic oxidation sites excluding steroid dienone is 1. The molecule has 170 valence electrons. The molecule has 0 bridgehead atoms. The first-order valence-electron chi connectivity index (χ1n) is 9.66. The Labute approximate surface area is 177 Å². The maximum Gasteiger partial charge on any atom is 0.622 e. The zero-order valence-electron chi connectivity index (χ0n) is 17.4. The van der Waals surface area contributed by atoms with Gasteiger partial charge in [-0.25, -0.2) is 0 Å². The number of nitrogens with zero attached hydrogens (tertiary/aromatic N) is 1. The highest BCUT2D eigenvalue weighted by Gasteiger charge is 2.40. The van der Waals surface area contributed by atoms with Crippen molar-refractivity contribution in [2.24, 2.45) is 5.41 Å². The van der Waals surface area contributed by atoms with Crippen molar-refractivity contribution >= 4 is 29.4 Å². The summed E-state index contributed by atoms with van der Waals surface area (Å²) in [6.45, 7) is 5.02. The summed E-state index contributed by atoms with van der Waals surface area (Å²) in [6.07, 6.45) is 4.60. The molecule has 2 heterocycles. The molecular weight excluding hydrogens is 419 g/mol. The SMILES string of the molecule is CN1CC(=O)OB(C(/C=C/CCCC2OCC(C)(C)CO2)NS(=O)(=O)O)OC(=O)C1. The van der Waals surface area contributed by atoms with Gasteiger partial charge in [-0.1, -0.05) is 26.0 Å². The molecular formula is C17H29BN2O9S. The molecule has 2 rings (SSSR count). The Morgan fingerprint density at radius 1 is 1.23 bits per heavy atom. The maximum atomic E-state index is 11.9. The highest BCUT2D eigenvalue weighted by molar-refractivity contribution is 7.83. The molecule has 0 aromatic carbocycles. The number of nitrogens with one attached hydrogen (secondary N) is 1. The zero-order valence-corrected chi connectivity index (χ0v) is 18.2. The average molecular weight is 448 g/mol. The number of rotatable bonds is 8. The van der Waals surface area contributed by atoms with E-state index < -0.39 is 35.3 Å². The van der Waals surface area contributed by atoms with Gasteiger partial charge < -0.3 is 18.8 Å². The van der Waals surface area contributed by atoms with E-state index in [0.29, 0.717) is 32.5 Å². The van der Waals surface area contributed by atoms with Crippen LogP contribution in [0.5, 0.6) is 0 Å². The van der Waals surface area contributed by atoms with E-state index in [-0.39, 0.29) is 24.8 Å². The summed E-state index contributed by atoms with van der Waals surface area (Å²) in [5.74, 6) is -2.67. The van der Waals surface area contributed by atoms with Crippen LogP contribution >= 0.6 is 0 Å². The number of hydrogen-bond donors (Lipinski definition) is 2. The molecule has 2 aliphatic rings. The van der Waals surface area contributed by atoms with Gasteiger partial charge in [-0.3, -0.25) is 19.0 Å². The van der Waals surface area contributed by atoms with Gasteiger partial charge in [0.1, 0.15) is 5.94 Å². The van der Waals surface area contributed by atoms with Gasteiger partial charge in [0, 0.05) is 5.41 Å². The molecule has 1 atom stereocenters. The average Bonchev–Trinajstić information content (AvgIpc) is 2.58. The second-order valence-corrected chi connectivity index (χ2v) is 9.40. The Balaban J connectivity index is 1.92. The highest BCUT2D eigenvalue weighted by atomic mass is 32.2. The molecule has 2 N–H and O–H groups in total. The minimum atomic E-state index is -4.64. The van der Waals surface area contributed by atoms with Gasteiger partial charge in [-0.05, 0) is 26.3 Å². The third-order valence-electron chi connectivity index (χ3n) is 4.35. The van der Waals surface area contributed by atoms with Gasteiger partial charge in [0.15, 0.2) is 6.29 Å². The van der Waals surface area contributed by atoms with Crippen LogP contribution in [0, 0.1) is 5.41 Å². The lowest BCUT2D eigenvalue weighted by molar-refractivity contribution is -0.223. The topological polar surface area (TPSA) is 141 Å². The lowest BCUT2D eigenvalue weighted by Crippen LogP contribution is -2.53. The van der Waals surface area contributed by atoms with Gasteiger partial charge in [0.05, 0.1) is 26.3 Å². The molecule has 1 unspecified atom stereocenters. The number of carbonyl (C=O) groups excluding carboxylic acids is 2. The summed E-state index contributed by atoms with van der Waals surface area (Å²) in [7, 11) is -4.64. The van der Waals surface area contributed by atoms with Crippen LogP contribution < -0.4 is 4.72 Å². The fourth-order valence-corrected chi connectivity index (χ4v) is 3.43. The van der Waals surface area contributed by atoms with Gasteiger partial charge >= 0.3 is 29.4 Å². The molecule has 30 heavy (non-hydrogen) atoms. The monoisotopic (exact) mass is 448 g/mol. The molecule has 0 aromatic rings. The van der Waals surface area contributed by atoms with Gasteiger partial charge in [0.2, 0.25) is 0 Å². The summed E-state index contributed by atoms with van der Waals surface area (Å²) in [6, 6.07) is 0. The van der Waals surface area contributed by atoms with E-state index in [2.05, 4.69) is 13.8 Å². The molecule has 2 aliphatic heterocycles. The Morgan fingerprint density at radius 3 is 2.33 bits per heavy atom. The van der Waals surface area contributed by atoms with Crippen molar-refractivity contribution in [3.05, 3.63) is 12.2 Å². The van der Waals surface area contributed by atoms with E-state index in [1.807, 2.05) is 4.72 Å². The van der Waals surface area contributed by atoms with E-state index in [9.17, 15) is 18.0 Å². The molecule has 11 nitrogen and oxygen atoms in total. The summed E-state index contributed by atoms with van der Waals surface area (Å²) in [5, 5.41) is 0. The van der Waals surface area contributed by atoms with Crippen LogP contribution in [0.2, 0.25) is 0 Å². The smallest absolute Gasteiger partial charge is 0.497 e. The van der Waals surface area contributed by atoms with E-state index >= 15 is 0 Å². The van der Waals surface area contributed by atoms with Crippen molar-refractivity contribution in [3.63, 3.8) is 0 Å². The standard InChI is InChI=1S/C17H29BN2O9S/c1-17(2)11-26-16(27-12-17)8-6-4-5-7-13(19-30(23,24)25)18-28-14(21)9-20(3)10-15(22)29-18/h5,7,13,16,19H,4,6,8-12H2,1-3H3,(H,23,24,25)/b7-5+. The third-order valence-corrected chi connectivity index (χ3v) is 4.92. The Hall–Kier alpha value is -1.51. The molecule has 2 saturated heterocycles. The summed E-state index contributed by atoms with van der Waals surface area (Å²) in [4.78, 5) is 25.2. The molecule has 2 fully saturated rings. The van der Waals surface area contributed by atoms with Crippen molar-refractivity contribution in [2.75, 3.05) is 33.4 Å². The van der Waals surface area contributed by atoms with E-state index in [1.165, 1.54) is 18.0 Å². The van der Waals surface area contributed by atoms with Crippen LogP contribution in [0.3, 0.4) is 0 Å². The third kappa shape index (κ3) is 9.10. The van der Waals surface area contributed by atoms with Crippen LogP contribution in [0.4, 0.5) is 0 Å². The summed E-state index contributed by atoms with van der Waals surface area (Å²) >= 11 is 0. The van der Waals surface area contributed by atoms with Crippen molar-refractivity contribution in [2.45, 2.75) is 45.3 Å². The number of carbonyl (C=O) groups is 2. The van der Waals surface area contributed by atoms with E-state index in [4.69, 9.17) is 23.3 Å². The Bertz CT molecular complexity index is 714. The first-order chi connectivity index (χ1) is 13.9. The van der Waals surface area contributed by atoms with E-state index in [0.717, 1.165) is 0 Å². The van der Waals surface area contributed by atoms with Gasteiger partial charge in [-0.15, -0.1) is 0 Å². The molecule has 0 radical (unpaired) electrons. The number of unbranched alkanes of at least 4 members (excludes halogenated alkanes) is 1. The number of ether oxygens (including phenoxy) is 2. The molecule has 0 aliphatic carbocycles. The predicted molar refractivity (Wildman–Crippen MR) is 106 cm³/mol. The second kappa shape index (κ2) is 10.7. The largest absolute Gasteiger partial charge is 0.622 e. The quantitative estimate of drug-likeness (QED) is 0.224. The molecule has 0 aromatic heterocycles. The fraction of sp³-hybridized carbons (Fsp3) is 0.765. The van der Waals surface area contributed by atoms with Crippen LogP contribution in [-0.2, 0) is 38.7 Å². The fourth-order valence-electron chi connectivity index (χ4n) is 2.90. The van der Waals surface area contributed by atoms with Crippen molar-refractivity contribution < 1.29 is 41.3 Å². The van der Waals surface area contributed by atoms with Gasteiger partial charge in [0.25, 0.3) is 0 Å². The minimum absolute atomic E-state index is 0.00759. The van der Waals surface area contributed by atoms with Crippen molar-refractivity contribution in [1.82, 2.24) is 9.62 Å². The Morgan fingerprint density at radius 2 is 1.80 bits per heavy atom. The van der Waals surface area contributed by atoms with Crippen LogP contribution in [0.25, 0.3) is 0 Å². The van der Waals surface area contributed by atoms with E-state index in [1.54, 1.807) is 6.08 Å². The predicted octanol–water partition coefficient (Wildman–Crippen LogP) is -0.0678. The first-order valence-corrected chi connectivity index (χ1v) is 11.1. The first kappa shape index (κ1) is 24.8. The molecule has 0 spiro atoms. The van der Waals surface area contributed by atoms with Gasteiger partial charge in [-0.2, -0.15) is 13.1 Å². The molecule has 0 saturated carbocycles. The summed E-state index contributed by atoms with van der Waals surface area (Å²) < 4.78 is 55.0. The maximum absolute atomic E-state index is 11.9. The van der Waals surface area contributed by atoms with Crippen LogP contribution in [0.15, 0.2) is 12.2 Å². The second-order valence-electron chi connectivity index (χ2n) is 8.21. The normalized spacial score (nSPS) is 23.0. The zero-order chi connectivity index (χ0) is 22.4. The Kier molecular flexibility index (Phi) is 8.82. The minimum Gasteiger partial charge on any atom is -0.497 e.